The van der Waals surface area contributed by atoms with Gasteiger partial charge in [0.25, 0.3) is 0 Å². The minimum Gasteiger partial charge on any atom is -0.339 e. The van der Waals surface area contributed by atoms with Crippen LogP contribution in [0.15, 0.2) is 9.95 Å². The fourth-order valence-electron chi connectivity index (χ4n) is 3.29. The van der Waals surface area contributed by atoms with Gasteiger partial charge in [-0.25, -0.2) is 9.89 Å². The summed E-state index contributed by atoms with van der Waals surface area (Å²) in [6.07, 6.45) is 8.05. The van der Waals surface area contributed by atoms with Crippen LogP contribution >= 0.6 is 11.8 Å². The maximum atomic E-state index is 12.5. The number of H-pyrrole nitrogens is 1. The smallest absolute Gasteiger partial charge is 0.339 e. The van der Waals surface area contributed by atoms with E-state index < -0.39 is 0 Å². The molecule has 0 spiro atoms. The Kier molecular flexibility index (Phi) is 4.90. The Hall–Kier alpha value is -1.24. The number of nitrogens with zero attached hydrogens (tertiary/aromatic N) is 3. The van der Waals surface area contributed by atoms with Crippen molar-refractivity contribution >= 4 is 17.7 Å². The number of hydrogen-bond acceptors (Lipinski definition) is 4. The lowest BCUT2D eigenvalue weighted by molar-refractivity contribution is -0.131. The van der Waals surface area contributed by atoms with Gasteiger partial charge in [0.2, 0.25) is 5.91 Å². The quantitative estimate of drug-likeness (QED) is 0.814. The molecule has 2 fully saturated rings. The SMILES string of the molecule is CCN(C(=O)CSc1n[nH]c(=O)n1C1CC1)C1CCCCC1. The summed E-state index contributed by atoms with van der Waals surface area (Å²) >= 11 is 1.38. The predicted octanol–water partition coefficient (Wildman–Crippen LogP) is 2.18. The van der Waals surface area contributed by atoms with Crippen LogP contribution in [0.3, 0.4) is 0 Å². The van der Waals surface area contributed by atoms with Crippen LogP contribution in [0.5, 0.6) is 0 Å². The standard InChI is InChI=1S/C15H24N4O2S/c1-2-18(11-6-4-3-5-7-11)13(20)10-22-15-17-16-14(21)19(15)12-8-9-12/h11-12H,2-10H2,1H3,(H,16,21). The van der Waals surface area contributed by atoms with Crippen molar-refractivity contribution < 1.29 is 4.79 Å². The Morgan fingerprint density at radius 1 is 1.32 bits per heavy atom. The Bertz CT molecular complexity index is 572. The van der Waals surface area contributed by atoms with Gasteiger partial charge in [-0.05, 0) is 32.6 Å². The number of amides is 1. The molecule has 2 aliphatic rings. The van der Waals surface area contributed by atoms with Gasteiger partial charge in [0.05, 0.1) is 5.75 Å². The van der Waals surface area contributed by atoms with Gasteiger partial charge in [-0.2, -0.15) is 0 Å². The third-order valence-electron chi connectivity index (χ3n) is 4.59. The summed E-state index contributed by atoms with van der Waals surface area (Å²) in [7, 11) is 0. The second kappa shape index (κ2) is 6.89. The number of carbonyl (C=O) groups is 1. The Labute approximate surface area is 134 Å². The van der Waals surface area contributed by atoms with Crippen molar-refractivity contribution in [2.24, 2.45) is 0 Å². The van der Waals surface area contributed by atoms with Crippen LogP contribution < -0.4 is 5.69 Å². The lowest BCUT2D eigenvalue weighted by atomic mass is 9.94. The molecule has 22 heavy (non-hydrogen) atoms. The molecule has 0 atom stereocenters. The van der Waals surface area contributed by atoms with Gasteiger partial charge >= 0.3 is 5.69 Å². The molecule has 7 heteroatoms. The van der Waals surface area contributed by atoms with Gasteiger partial charge in [-0.1, -0.05) is 31.0 Å². The monoisotopic (exact) mass is 324 g/mol. The number of aromatic nitrogens is 3. The van der Waals surface area contributed by atoms with E-state index in [0.29, 0.717) is 17.0 Å². The maximum Gasteiger partial charge on any atom is 0.344 e. The van der Waals surface area contributed by atoms with E-state index in [1.165, 1.54) is 31.0 Å². The molecule has 6 nitrogen and oxygen atoms in total. The molecule has 1 heterocycles. The van der Waals surface area contributed by atoms with Crippen LogP contribution in [0, 0.1) is 0 Å². The normalized spacial score (nSPS) is 19.3. The first kappa shape index (κ1) is 15.6. The minimum atomic E-state index is -0.155. The zero-order chi connectivity index (χ0) is 15.5. The highest BCUT2D eigenvalue weighted by atomic mass is 32.2. The fraction of sp³-hybridized carbons (Fsp3) is 0.800. The molecule has 3 rings (SSSR count). The molecule has 1 amide bonds. The van der Waals surface area contributed by atoms with E-state index in [4.69, 9.17) is 0 Å². The highest BCUT2D eigenvalue weighted by Crippen LogP contribution is 2.36. The van der Waals surface area contributed by atoms with Crippen molar-refractivity contribution in [3.8, 4) is 0 Å². The molecular weight excluding hydrogens is 300 g/mol. The summed E-state index contributed by atoms with van der Waals surface area (Å²) in [5, 5.41) is 7.22. The van der Waals surface area contributed by atoms with E-state index >= 15 is 0 Å². The van der Waals surface area contributed by atoms with Crippen molar-refractivity contribution in [1.29, 1.82) is 0 Å². The number of hydrogen-bond donors (Lipinski definition) is 1. The number of nitrogens with one attached hydrogen (secondary N) is 1. The third kappa shape index (κ3) is 3.39. The van der Waals surface area contributed by atoms with Gasteiger partial charge < -0.3 is 4.90 Å². The highest BCUT2D eigenvalue weighted by molar-refractivity contribution is 7.99. The lowest BCUT2D eigenvalue weighted by Gasteiger charge is -2.33. The van der Waals surface area contributed by atoms with Crippen LogP contribution in [0.2, 0.25) is 0 Å². The summed E-state index contributed by atoms with van der Waals surface area (Å²) in [6.45, 7) is 2.81. The summed E-state index contributed by atoms with van der Waals surface area (Å²) in [5.74, 6) is 0.527. The molecule has 2 saturated carbocycles. The predicted molar refractivity (Wildman–Crippen MR) is 86.1 cm³/mol. The van der Waals surface area contributed by atoms with E-state index in [1.807, 2.05) is 11.8 Å². The van der Waals surface area contributed by atoms with Gasteiger partial charge in [0, 0.05) is 18.6 Å². The molecule has 1 aromatic rings. The van der Waals surface area contributed by atoms with E-state index in [1.54, 1.807) is 4.57 Å². The summed E-state index contributed by atoms with van der Waals surface area (Å²) in [4.78, 5) is 26.3. The first-order chi connectivity index (χ1) is 10.7. The topological polar surface area (TPSA) is 71.0 Å². The highest BCUT2D eigenvalue weighted by Gasteiger charge is 2.29. The second-order valence-electron chi connectivity index (χ2n) is 6.17. The van der Waals surface area contributed by atoms with Crippen LogP contribution in [0.4, 0.5) is 0 Å². The van der Waals surface area contributed by atoms with Crippen molar-refractivity contribution in [3.05, 3.63) is 10.5 Å². The van der Waals surface area contributed by atoms with Crippen LogP contribution in [0.25, 0.3) is 0 Å². The third-order valence-corrected chi connectivity index (χ3v) is 5.52. The first-order valence-corrected chi connectivity index (χ1v) is 9.28. The molecule has 1 N–H and O–H groups in total. The Balaban J connectivity index is 1.60. The zero-order valence-electron chi connectivity index (χ0n) is 13.1. The molecule has 2 aliphatic carbocycles. The summed E-state index contributed by atoms with van der Waals surface area (Å²) in [6, 6.07) is 0.682. The molecule has 0 bridgehead atoms. The van der Waals surface area contributed by atoms with Crippen molar-refractivity contribution in [3.63, 3.8) is 0 Å². The first-order valence-electron chi connectivity index (χ1n) is 8.30. The minimum absolute atomic E-state index is 0.155. The van der Waals surface area contributed by atoms with Crippen molar-refractivity contribution in [2.75, 3.05) is 12.3 Å². The summed E-state index contributed by atoms with van der Waals surface area (Å²) < 4.78 is 1.70. The molecule has 0 unspecified atom stereocenters. The van der Waals surface area contributed by atoms with Gasteiger partial charge in [-0.15, -0.1) is 5.10 Å². The molecule has 0 saturated heterocycles. The van der Waals surface area contributed by atoms with Gasteiger partial charge in [-0.3, -0.25) is 9.36 Å². The number of thioether (sulfide) groups is 1. The second-order valence-corrected chi connectivity index (χ2v) is 7.12. The number of rotatable bonds is 6. The molecule has 122 valence electrons. The van der Waals surface area contributed by atoms with Crippen LogP contribution in [-0.4, -0.2) is 43.9 Å². The van der Waals surface area contributed by atoms with E-state index in [2.05, 4.69) is 10.2 Å². The lowest BCUT2D eigenvalue weighted by Crippen LogP contribution is -2.42. The van der Waals surface area contributed by atoms with E-state index in [9.17, 15) is 9.59 Å². The van der Waals surface area contributed by atoms with Crippen molar-refractivity contribution in [2.45, 2.75) is 69.1 Å². The molecule has 1 aromatic heterocycles. The number of aromatic amines is 1. The molecule has 0 aromatic carbocycles. The van der Waals surface area contributed by atoms with Gasteiger partial charge in [0.15, 0.2) is 5.16 Å². The van der Waals surface area contributed by atoms with Crippen LogP contribution in [0.1, 0.15) is 57.9 Å². The van der Waals surface area contributed by atoms with E-state index in [-0.39, 0.29) is 17.6 Å². The molecule has 0 radical (unpaired) electrons. The van der Waals surface area contributed by atoms with E-state index in [0.717, 1.165) is 32.2 Å². The van der Waals surface area contributed by atoms with Crippen molar-refractivity contribution in [1.82, 2.24) is 19.7 Å². The Morgan fingerprint density at radius 2 is 2.05 bits per heavy atom. The Morgan fingerprint density at radius 3 is 2.68 bits per heavy atom. The number of carbonyl (C=O) groups excluding carboxylic acids is 1. The molecular formula is C15H24N4O2S. The zero-order valence-corrected chi connectivity index (χ0v) is 13.9. The largest absolute Gasteiger partial charge is 0.344 e. The molecule has 0 aliphatic heterocycles. The maximum absolute atomic E-state index is 12.5. The average molecular weight is 324 g/mol. The fourth-order valence-corrected chi connectivity index (χ4v) is 4.19. The summed E-state index contributed by atoms with van der Waals surface area (Å²) in [5.41, 5.74) is -0.155. The van der Waals surface area contributed by atoms with Gasteiger partial charge in [0.1, 0.15) is 0 Å². The average Bonchev–Trinajstić information content (AvgIpc) is 3.30. The van der Waals surface area contributed by atoms with Crippen LogP contribution in [-0.2, 0) is 4.79 Å².